The molecule has 1 spiro atoms. The van der Waals surface area contributed by atoms with Gasteiger partial charge in [-0.1, -0.05) is 6.07 Å². The van der Waals surface area contributed by atoms with Crippen LogP contribution in [-0.4, -0.2) is 52.2 Å². The lowest BCUT2D eigenvalue weighted by atomic mass is 10.0. The standard InChI is InChI=1S/C25H26N6O2/c1-16-3-4-19(29-24(33)31-10-8-25(15-31)6-7-25)13-20(16)21-12-18(14-28-30-21)17-5-9-27-22(11-17)23(32)26-2/h3-5,9,11-14H,6-8,10,15H2,1-2H3,(H,26,32)(H,29,33). The molecule has 1 saturated heterocycles. The molecule has 1 aliphatic carbocycles. The van der Waals surface area contributed by atoms with Gasteiger partial charge < -0.3 is 15.5 Å². The molecule has 2 aromatic heterocycles. The highest BCUT2D eigenvalue weighted by molar-refractivity contribution is 5.93. The summed E-state index contributed by atoms with van der Waals surface area (Å²) in [7, 11) is 1.57. The molecule has 0 atom stereocenters. The first kappa shape index (κ1) is 21.1. The predicted octanol–water partition coefficient (Wildman–Crippen LogP) is 3.89. The molecule has 2 aliphatic rings. The molecule has 1 aromatic carbocycles. The molecular formula is C25H26N6O2. The maximum absolute atomic E-state index is 12.8. The van der Waals surface area contributed by atoms with Crippen molar-refractivity contribution in [3.63, 3.8) is 0 Å². The van der Waals surface area contributed by atoms with Crippen molar-refractivity contribution in [1.82, 2.24) is 25.4 Å². The summed E-state index contributed by atoms with van der Waals surface area (Å²) in [6.45, 7) is 3.68. The number of nitrogens with zero attached hydrogens (tertiary/aromatic N) is 4. The summed E-state index contributed by atoms with van der Waals surface area (Å²) in [5, 5.41) is 14.1. The summed E-state index contributed by atoms with van der Waals surface area (Å²) >= 11 is 0. The van der Waals surface area contributed by atoms with Gasteiger partial charge in [-0.25, -0.2) is 4.79 Å². The van der Waals surface area contributed by atoms with Gasteiger partial charge in [-0.3, -0.25) is 9.78 Å². The maximum atomic E-state index is 12.8. The van der Waals surface area contributed by atoms with Gasteiger partial charge in [0.1, 0.15) is 5.69 Å². The Morgan fingerprint density at radius 3 is 2.67 bits per heavy atom. The summed E-state index contributed by atoms with van der Waals surface area (Å²) in [5.74, 6) is -0.246. The van der Waals surface area contributed by atoms with E-state index in [4.69, 9.17) is 0 Å². The van der Waals surface area contributed by atoms with E-state index in [-0.39, 0.29) is 11.9 Å². The molecule has 0 unspecified atom stereocenters. The van der Waals surface area contributed by atoms with Crippen LogP contribution < -0.4 is 10.6 Å². The number of aryl methyl sites for hydroxylation is 1. The number of rotatable bonds is 4. The fourth-order valence-electron chi connectivity index (χ4n) is 4.39. The smallest absolute Gasteiger partial charge is 0.321 e. The van der Waals surface area contributed by atoms with Gasteiger partial charge in [0.15, 0.2) is 0 Å². The molecular weight excluding hydrogens is 416 g/mol. The first-order chi connectivity index (χ1) is 16.0. The Balaban J connectivity index is 1.39. The summed E-state index contributed by atoms with van der Waals surface area (Å²) < 4.78 is 0. The average molecular weight is 443 g/mol. The Morgan fingerprint density at radius 2 is 1.91 bits per heavy atom. The van der Waals surface area contributed by atoms with Crippen LogP contribution >= 0.6 is 0 Å². The SMILES string of the molecule is CNC(=O)c1cc(-c2cnnc(-c3cc(NC(=O)N4CCC5(CC5)C4)ccc3C)c2)ccn1. The van der Waals surface area contributed by atoms with Gasteiger partial charge in [0.05, 0.1) is 11.9 Å². The number of nitrogens with one attached hydrogen (secondary N) is 2. The second-order valence-electron chi connectivity index (χ2n) is 8.97. The predicted molar refractivity (Wildman–Crippen MR) is 126 cm³/mol. The van der Waals surface area contributed by atoms with Gasteiger partial charge in [-0.05, 0) is 73.1 Å². The van der Waals surface area contributed by atoms with Gasteiger partial charge >= 0.3 is 6.03 Å². The Hall–Kier alpha value is -3.81. The first-order valence-corrected chi connectivity index (χ1v) is 11.1. The van der Waals surface area contributed by atoms with Crippen molar-refractivity contribution < 1.29 is 9.59 Å². The lowest BCUT2D eigenvalue weighted by Gasteiger charge is -2.18. The molecule has 2 N–H and O–H groups in total. The van der Waals surface area contributed by atoms with Crippen LogP contribution in [0.4, 0.5) is 10.5 Å². The Bertz CT molecular complexity index is 1240. The highest BCUT2D eigenvalue weighted by Crippen LogP contribution is 2.52. The van der Waals surface area contributed by atoms with E-state index in [0.29, 0.717) is 16.8 Å². The topological polar surface area (TPSA) is 100 Å². The number of aromatic nitrogens is 3. The van der Waals surface area contributed by atoms with E-state index in [1.807, 2.05) is 42.2 Å². The maximum Gasteiger partial charge on any atom is 0.321 e. The lowest BCUT2D eigenvalue weighted by Crippen LogP contribution is -2.33. The summed E-state index contributed by atoms with van der Waals surface area (Å²) in [5.41, 5.74) is 5.73. The molecule has 168 valence electrons. The van der Waals surface area contributed by atoms with Gasteiger partial charge in [0.25, 0.3) is 5.91 Å². The second-order valence-corrected chi connectivity index (χ2v) is 8.97. The van der Waals surface area contributed by atoms with Crippen LogP contribution in [0.5, 0.6) is 0 Å². The van der Waals surface area contributed by atoms with E-state index in [2.05, 4.69) is 25.8 Å². The van der Waals surface area contributed by atoms with Crippen LogP contribution in [0.1, 0.15) is 35.3 Å². The van der Waals surface area contributed by atoms with Crippen molar-refractivity contribution >= 4 is 17.6 Å². The minimum Gasteiger partial charge on any atom is -0.354 e. The zero-order valence-electron chi connectivity index (χ0n) is 18.8. The van der Waals surface area contributed by atoms with E-state index in [1.54, 1.807) is 25.5 Å². The molecule has 8 heteroatoms. The summed E-state index contributed by atoms with van der Waals surface area (Å²) in [4.78, 5) is 30.8. The minimum absolute atomic E-state index is 0.0491. The van der Waals surface area contributed by atoms with Crippen LogP contribution in [0, 0.1) is 12.3 Å². The van der Waals surface area contributed by atoms with E-state index in [0.717, 1.165) is 47.5 Å². The fraction of sp³-hybridized carbons (Fsp3) is 0.320. The number of hydrogen-bond donors (Lipinski definition) is 2. The third-order valence-electron chi connectivity index (χ3n) is 6.65. The van der Waals surface area contributed by atoms with Gasteiger partial charge in [-0.15, -0.1) is 0 Å². The third kappa shape index (κ3) is 4.28. The van der Waals surface area contributed by atoms with Crippen molar-refractivity contribution in [2.75, 3.05) is 25.5 Å². The van der Waals surface area contributed by atoms with Crippen LogP contribution in [0.2, 0.25) is 0 Å². The number of likely N-dealkylation sites (tertiary alicyclic amines) is 1. The van der Waals surface area contributed by atoms with E-state index >= 15 is 0 Å². The second kappa shape index (κ2) is 8.27. The third-order valence-corrected chi connectivity index (χ3v) is 6.65. The Morgan fingerprint density at radius 1 is 1.06 bits per heavy atom. The normalized spacial score (nSPS) is 16.0. The lowest BCUT2D eigenvalue weighted by molar-refractivity contribution is 0.0958. The molecule has 3 aromatic rings. The van der Waals surface area contributed by atoms with Crippen molar-refractivity contribution in [3.05, 3.63) is 60.0 Å². The largest absolute Gasteiger partial charge is 0.354 e. The van der Waals surface area contributed by atoms with Crippen molar-refractivity contribution in [2.45, 2.75) is 26.2 Å². The summed E-state index contributed by atoms with van der Waals surface area (Å²) in [6.07, 6.45) is 6.85. The molecule has 3 amide bonds. The van der Waals surface area contributed by atoms with Crippen molar-refractivity contribution in [3.8, 4) is 22.4 Å². The average Bonchev–Trinajstić information content (AvgIpc) is 3.47. The van der Waals surface area contributed by atoms with Gasteiger partial charge in [0, 0.05) is 43.1 Å². The molecule has 2 fully saturated rings. The zero-order chi connectivity index (χ0) is 23.0. The van der Waals surface area contributed by atoms with Gasteiger partial charge in [0.2, 0.25) is 0 Å². The number of amides is 3. The molecule has 3 heterocycles. The number of hydrogen-bond acceptors (Lipinski definition) is 5. The highest BCUT2D eigenvalue weighted by atomic mass is 16.2. The highest BCUT2D eigenvalue weighted by Gasteiger charge is 2.48. The zero-order valence-corrected chi connectivity index (χ0v) is 18.8. The molecule has 0 radical (unpaired) electrons. The Kier molecular flexibility index (Phi) is 5.28. The number of anilines is 1. The van der Waals surface area contributed by atoms with Crippen molar-refractivity contribution in [1.29, 1.82) is 0 Å². The molecule has 0 bridgehead atoms. The molecule has 5 rings (SSSR count). The minimum atomic E-state index is -0.246. The number of carbonyl (C=O) groups excluding carboxylic acids is 2. The number of carbonyl (C=O) groups is 2. The molecule has 8 nitrogen and oxygen atoms in total. The van der Waals surface area contributed by atoms with Crippen molar-refractivity contribution in [2.24, 2.45) is 5.41 Å². The monoisotopic (exact) mass is 442 g/mol. The van der Waals surface area contributed by atoms with Crippen LogP contribution in [0.3, 0.4) is 0 Å². The van der Waals surface area contributed by atoms with E-state index in [1.165, 1.54) is 12.8 Å². The van der Waals surface area contributed by atoms with Gasteiger partial charge in [-0.2, -0.15) is 10.2 Å². The quantitative estimate of drug-likeness (QED) is 0.639. The molecule has 1 saturated carbocycles. The van der Waals surface area contributed by atoms with E-state index in [9.17, 15) is 9.59 Å². The van der Waals surface area contributed by atoms with Crippen LogP contribution in [0.25, 0.3) is 22.4 Å². The van der Waals surface area contributed by atoms with Crippen LogP contribution in [-0.2, 0) is 0 Å². The Labute approximate surface area is 192 Å². The number of pyridine rings is 1. The fourth-order valence-corrected chi connectivity index (χ4v) is 4.39. The number of benzene rings is 1. The van der Waals surface area contributed by atoms with Crippen LogP contribution in [0.15, 0.2) is 48.8 Å². The molecule has 33 heavy (non-hydrogen) atoms. The van der Waals surface area contributed by atoms with E-state index < -0.39 is 0 Å². The first-order valence-electron chi connectivity index (χ1n) is 11.1. The summed E-state index contributed by atoms with van der Waals surface area (Å²) in [6, 6.07) is 11.3. The number of urea groups is 1. The molecule has 1 aliphatic heterocycles.